The van der Waals surface area contributed by atoms with Gasteiger partial charge in [0.2, 0.25) is 0 Å². The molecule has 0 radical (unpaired) electrons. The zero-order valence-electron chi connectivity index (χ0n) is 11.1. The molecule has 0 saturated carbocycles. The van der Waals surface area contributed by atoms with E-state index in [2.05, 4.69) is 4.99 Å². The van der Waals surface area contributed by atoms with E-state index in [9.17, 15) is 14.7 Å². The van der Waals surface area contributed by atoms with E-state index in [-0.39, 0.29) is 17.3 Å². The van der Waals surface area contributed by atoms with E-state index < -0.39 is 24.1 Å². The van der Waals surface area contributed by atoms with Gasteiger partial charge in [-0.25, -0.2) is 9.59 Å². The summed E-state index contributed by atoms with van der Waals surface area (Å²) in [7, 11) is 0. The maximum atomic E-state index is 11.1. The number of ether oxygens (including phenoxy) is 1. The quantitative estimate of drug-likeness (QED) is 0.748. The van der Waals surface area contributed by atoms with E-state index in [1.54, 1.807) is 0 Å². The highest BCUT2D eigenvalue weighted by atomic mass is 32.2. The van der Waals surface area contributed by atoms with Crippen LogP contribution < -0.4 is 4.74 Å². The van der Waals surface area contributed by atoms with Crippen LogP contribution in [0.1, 0.15) is 12.5 Å². The molecule has 1 aromatic rings. The summed E-state index contributed by atoms with van der Waals surface area (Å²) in [6.07, 6.45) is 0. The van der Waals surface area contributed by atoms with Gasteiger partial charge in [0.1, 0.15) is 16.5 Å². The molecule has 0 spiro atoms. The average Bonchev–Trinajstić information content (AvgIpc) is 2.80. The lowest BCUT2D eigenvalue weighted by Crippen LogP contribution is -2.33. The summed E-state index contributed by atoms with van der Waals surface area (Å²) in [5, 5.41) is 28.0. The van der Waals surface area contributed by atoms with E-state index in [1.165, 1.54) is 36.9 Å². The molecule has 1 aliphatic rings. The second-order valence-electron chi connectivity index (χ2n) is 4.65. The Kier molecular flexibility index (Phi) is 4.08. The predicted octanol–water partition coefficient (Wildman–Crippen LogP) is 1.19. The van der Waals surface area contributed by atoms with Crippen molar-refractivity contribution in [3.8, 4) is 11.5 Å². The van der Waals surface area contributed by atoms with Crippen molar-refractivity contribution in [2.75, 3.05) is 12.4 Å². The first kappa shape index (κ1) is 15.2. The largest absolute Gasteiger partial charge is 0.507 e. The second-order valence-corrected chi connectivity index (χ2v) is 5.61. The number of phenolic OH excluding ortho intramolecular Hbond substituents is 1. The predicted molar refractivity (Wildman–Crippen MR) is 76.3 cm³/mol. The maximum Gasteiger partial charge on any atom is 0.341 e. The third kappa shape index (κ3) is 3.27. The molecule has 8 heteroatoms. The van der Waals surface area contributed by atoms with Crippen molar-refractivity contribution in [2.24, 2.45) is 4.99 Å². The van der Waals surface area contributed by atoms with Gasteiger partial charge in [-0.1, -0.05) is 0 Å². The van der Waals surface area contributed by atoms with Gasteiger partial charge in [-0.2, -0.15) is 0 Å². The highest BCUT2D eigenvalue weighted by Crippen LogP contribution is 2.35. The number of aromatic hydroxyl groups is 1. The summed E-state index contributed by atoms with van der Waals surface area (Å²) in [4.78, 5) is 25.7. The number of carbonyl (C=O) groups is 2. The first-order chi connectivity index (χ1) is 9.82. The van der Waals surface area contributed by atoms with Crippen LogP contribution in [0, 0.1) is 0 Å². The molecule has 0 unspecified atom stereocenters. The van der Waals surface area contributed by atoms with Gasteiger partial charge in [-0.15, -0.1) is 11.8 Å². The Morgan fingerprint density at radius 2 is 2.14 bits per heavy atom. The molecular formula is C13H13NO6S. The molecular weight excluding hydrogens is 298 g/mol. The summed E-state index contributed by atoms with van der Waals surface area (Å²) < 4.78 is 4.94. The van der Waals surface area contributed by atoms with Crippen molar-refractivity contribution < 1.29 is 29.6 Å². The maximum absolute atomic E-state index is 11.1. The van der Waals surface area contributed by atoms with Crippen molar-refractivity contribution in [2.45, 2.75) is 12.5 Å². The Labute approximate surface area is 124 Å². The monoisotopic (exact) mass is 311 g/mol. The van der Waals surface area contributed by atoms with Gasteiger partial charge in [0.25, 0.3) is 0 Å². The highest BCUT2D eigenvalue weighted by Gasteiger charge is 2.38. The van der Waals surface area contributed by atoms with Gasteiger partial charge in [0.05, 0.1) is 0 Å². The number of benzene rings is 1. The molecule has 7 nitrogen and oxygen atoms in total. The number of aliphatic imine (C=N–C) groups is 1. The minimum Gasteiger partial charge on any atom is -0.507 e. The van der Waals surface area contributed by atoms with Gasteiger partial charge in [0.15, 0.2) is 12.1 Å². The van der Waals surface area contributed by atoms with Gasteiger partial charge in [-0.3, -0.25) is 4.99 Å². The van der Waals surface area contributed by atoms with E-state index in [0.29, 0.717) is 10.6 Å². The van der Waals surface area contributed by atoms with Crippen LogP contribution in [0.2, 0.25) is 0 Å². The van der Waals surface area contributed by atoms with Crippen molar-refractivity contribution in [1.82, 2.24) is 0 Å². The van der Waals surface area contributed by atoms with Gasteiger partial charge < -0.3 is 20.1 Å². The van der Waals surface area contributed by atoms with E-state index in [1.807, 2.05) is 0 Å². The smallest absolute Gasteiger partial charge is 0.341 e. The second kappa shape index (κ2) is 5.65. The Hall–Kier alpha value is -2.22. The van der Waals surface area contributed by atoms with Crippen molar-refractivity contribution >= 4 is 28.7 Å². The molecule has 0 aromatic heterocycles. The fourth-order valence-corrected chi connectivity index (χ4v) is 2.87. The van der Waals surface area contributed by atoms with Crippen LogP contribution in [0.25, 0.3) is 0 Å². The SMILES string of the molecule is C[C@]1(C(=O)O)CSC(c2ccc(OCC(=O)O)cc2O)=N1. The summed E-state index contributed by atoms with van der Waals surface area (Å²) >= 11 is 1.24. The van der Waals surface area contributed by atoms with Crippen LogP contribution in [0.15, 0.2) is 23.2 Å². The lowest BCUT2D eigenvalue weighted by molar-refractivity contribution is -0.141. The Morgan fingerprint density at radius 3 is 2.67 bits per heavy atom. The fourth-order valence-electron chi connectivity index (χ4n) is 1.67. The molecule has 1 heterocycles. The Balaban J connectivity index is 2.22. The zero-order valence-corrected chi connectivity index (χ0v) is 11.9. The summed E-state index contributed by atoms with van der Waals surface area (Å²) in [5.41, 5.74) is -0.807. The molecule has 0 bridgehead atoms. The number of aliphatic carboxylic acids is 2. The number of nitrogens with zero attached hydrogens (tertiary/aromatic N) is 1. The molecule has 1 aromatic carbocycles. The number of hydrogen-bond acceptors (Lipinski definition) is 6. The summed E-state index contributed by atoms with van der Waals surface area (Å²) in [6, 6.07) is 4.29. The topological polar surface area (TPSA) is 116 Å². The summed E-state index contributed by atoms with van der Waals surface area (Å²) in [5.74, 6) is -1.78. The third-order valence-electron chi connectivity index (χ3n) is 2.86. The molecule has 1 aliphatic heterocycles. The lowest BCUT2D eigenvalue weighted by atomic mass is 10.1. The lowest BCUT2D eigenvalue weighted by Gasteiger charge is -2.11. The molecule has 21 heavy (non-hydrogen) atoms. The summed E-state index contributed by atoms with van der Waals surface area (Å²) in [6.45, 7) is 1.00. The van der Waals surface area contributed by atoms with Crippen molar-refractivity contribution in [1.29, 1.82) is 0 Å². The number of phenols is 1. The fraction of sp³-hybridized carbons (Fsp3) is 0.308. The Bertz CT molecular complexity index is 629. The molecule has 1 atom stereocenters. The van der Waals surface area contributed by atoms with Crippen LogP contribution in [0.4, 0.5) is 0 Å². The Morgan fingerprint density at radius 1 is 1.43 bits per heavy atom. The average molecular weight is 311 g/mol. The first-order valence-electron chi connectivity index (χ1n) is 5.96. The minimum absolute atomic E-state index is 0.140. The van der Waals surface area contributed by atoms with Crippen LogP contribution in [0.3, 0.4) is 0 Å². The van der Waals surface area contributed by atoms with Crippen LogP contribution in [-0.4, -0.2) is 50.2 Å². The number of rotatable bonds is 5. The van der Waals surface area contributed by atoms with Crippen molar-refractivity contribution in [3.63, 3.8) is 0 Å². The van der Waals surface area contributed by atoms with Gasteiger partial charge in [-0.05, 0) is 19.1 Å². The number of hydrogen-bond donors (Lipinski definition) is 3. The highest BCUT2D eigenvalue weighted by molar-refractivity contribution is 8.14. The van der Waals surface area contributed by atoms with Gasteiger partial charge >= 0.3 is 11.9 Å². The molecule has 2 rings (SSSR count). The zero-order chi connectivity index (χ0) is 15.6. The standard InChI is InChI=1S/C13H13NO6S/c1-13(12(18)19)6-21-11(14-13)8-3-2-7(4-9(8)15)20-5-10(16)17/h2-4,15H,5-6H2,1H3,(H,16,17)(H,18,19)/t13-/m1/s1. The molecule has 3 N–H and O–H groups in total. The number of carboxylic acids is 2. The number of thioether (sulfide) groups is 1. The van der Waals surface area contributed by atoms with Crippen LogP contribution in [-0.2, 0) is 9.59 Å². The van der Waals surface area contributed by atoms with Crippen molar-refractivity contribution in [3.05, 3.63) is 23.8 Å². The number of carboxylic acid groups (broad SMARTS) is 2. The minimum atomic E-state index is -1.20. The normalized spacial score (nSPS) is 20.9. The van der Waals surface area contributed by atoms with E-state index in [4.69, 9.17) is 14.9 Å². The third-order valence-corrected chi connectivity index (χ3v) is 4.15. The molecule has 0 saturated heterocycles. The molecule has 112 valence electrons. The van der Waals surface area contributed by atoms with Crippen LogP contribution >= 0.6 is 11.8 Å². The van der Waals surface area contributed by atoms with Crippen LogP contribution in [0.5, 0.6) is 11.5 Å². The van der Waals surface area contributed by atoms with Gasteiger partial charge in [0, 0.05) is 17.4 Å². The first-order valence-corrected chi connectivity index (χ1v) is 6.94. The van der Waals surface area contributed by atoms with E-state index in [0.717, 1.165) is 0 Å². The molecule has 0 aliphatic carbocycles. The van der Waals surface area contributed by atoms with E-state index >= 15 is 0 Å². The molecule has 0 fully saturated rings. The molecule has 0 amide bonds.